The standard InChI is InChI=1S/C24H24N2O3S/c1-2-15-7-5-6-12-26(15)13-17-20(27)11-10-16-22(28)18(14-29-23(16)17)24-25-19-8-3-4-9-21(19)30-24/h3-4,8-11,14-15,27H,2,5-7,12-13H2,1H3/p+1/t15-/m0/s1. The molecule has 6 heteroatoms. The number of aromatic nitrogens is 1. The number of thiazole rings is 1. The third-order valence-corrected chi connectivity index (χ3v) is 7.39. The van der Waals surface area contributed by atoms with E-state index in [9.17, 15) is 9.90 Å². The summed E-state index contributed by atoms with van der Waals surface area (Å²) in [5, 5.41) is 11.7. The molecule has 1 saturated heterocycles. The van der Waals surface area contributed by atoms with Crippen LogP contribution in [0.15, 0.2) is 51.9 Å². The minimum Gasteiger partial charge on any atom is -0.507 e. The Kier molecular flexibility index (Phi) is 5.05. The summed E-state index contributed by atoms with van der Waals surface area (Å²) in [6.07, 6.45) is 6.30. The van der Waals surface area contributed by atoms with Crippen molar-refractivity contribution in [2.45, 2.75) is 45.2 Å². The van der Waals surface area contributed by atoms with E-state index in [0.717, 1.165) is 28.7 Å². The summed E-state index contributed by atoms with van der Waals surface area (Å²) in [6.45, 7) is 3.98. The second kappa shape index (κ2) is 7.85. The van der Waals surface area contributed by atoms with Crippen LogP contribution in [0.25, 0.3) is 31.8 Å². The van der Waals surface area contributed by atoms with Gasteiger partial charge in [0.15, 0.2) is 0 Å². The quantitative estimate of drug-likeness (QED) is 0.520. The maximum atomic E-state index is 13.3. The van der Waals surface area contributed by atoms with Crippen molar-refractivity contribution in [3.05, 3.63) is 58.4 Å². The fraction of sp³-hybridized carbons (Fsp3) is 0.333. The molecule has 2 N–H and O–H groups in total. The molecule has 0 bridgehead atoms. The van der Waals surface area contributed by atoms with Crippen LogP contribution < -0.4 is 10.3 Å². The van der Waals surface area contributed by atoms with E-state index in [1.54, 1.807) is 12.1 Å². The van der Waals surface area contributed by atoms with Crippen molar-refractivity contribution in [2.24, 2.45) is 0 Å². The second-order valence-corrected chi connectivity index (χ2v) is 9.12. The zero-order valence-corrected chi connectivity index (χ0v) is 17.8. The Morgan fingerprint density at radius 2 is 2.10 bits per heavy atom. The molecule has 30 heavy (non-hydrogen) atoms. The number of piperidine rings is 1. The SMILES string of the molecule is CC[C@H]1CCCC[NH+]1Cc1c(O)ccc2c(=O)c(-c3nc4ccccc4s3)coc12. The lowest BCUT2D eigenvalue weighted by molar-refractivity contribution is -0.944. The number of phenolic OH excluding ortho intramolecular Hbond substituents is 1. The number of hydrogen-bond acceptors (Lipinski definition) is 5. The first-order chi connectivity index (χ1) is 14.7. The van der Waals surface area contributed by atoms with Gasteiger partial charge in [0.05, 0.1) is 39.3 Å². The van der Waals surface area contributed by atoms with E-state index in [1.165, 1.54) is 41.8 Å². The van der Waals surface area contributed by atoms with E-state index in [2.05, 4.69) is 11.9 Å². The molecule has 0 amide bonds. The first-order valence-electron chi connectivity index (χ1n) is 10.6. The summed E-state index contributed by atoms with van der Waals surface area (Å²) in [7, 11) is 0. The summed E-state index contributed by atoms with van der Waals surface area (Å²) < 4.78 is 7.03. The number of nitrogens with zero attached hydrogens (tertiary/aromatic N) is 1. The molecular weight excluding hydrogens is 396 g/mol. The molecule has 0 spiro atoms. The Labute approximate surface area is 178 Å². The lowest BCUT2D eigenvalue weighted by atomic mass is 9.98. The first-order valence-corrected chi connectivity index (χ1v) is 11.4. The van der Waals surface area contributed by atoms with E-state index >= 15 is 0 Å². The molecule has 2 aromatic heterocycles. The number of aromatic hydroxyl groups is 1. The number of hydrogen-bond donors (Lipinski definition) is 2. The molecule has 0 saturated carbocycles. The van der Waals surface area contributed by atoms with Gasteiger partial charge >= 0.3 is 0 Å². The number of quaternary nitrogens is 1. The van der Waals surface area contributed by atoms with Crippen LogP contribution in [0.3, 0.4) is 0 Å². The van der Waals surface area contributed by atoms with Crippen molar-refractivity contribution < 1.29 is 14.4 Å². The van der Waals surface area contributed by atoms with Gasteiger partial charge in [-0.15, -0.1) is 11.3 Å². The fourth-order valence-corrected chi connectivity index (χ4v) is 5.62. The molecule has 2 aromatic carbocycles. The highest BCUT2D eigenvalue weighted by molar-refractivity contribution is 7.21. The number of phenols is 1. The molecule has 0 radical (unpaired) electrons. The van der Waals surface area contributed by atoms with Gasteiger partial charge in [0.25, 0.3) is 0 Å². The van der Waals surface area contributed by atoms with Crippen molar-refractivity contribution in [1.82, 2.24) is 4.98 Å². The molecule has 1 fully saturated rings. The first kappa shape index (κ1) is 19.3. The van der Waals surface area contributed by atoms with Crippen LogP contribution in [-0.4, -0.2) is 22.7 Å². The van der Waals surface area contributed by atoms with E-state index < -0.39 is 0 Å². The number of likely N-dealkylation sites (tertiary alicyclic amines) is 1. The monoisotopic (exact) mass is 421 g/mol. The minimum absolute atomic E-state index is 0.0998. The van der Waals surface area contributed by atoms with Crippen LogP contribution in [0.4, 0.5) is 0 Å². The van der Waals surface area contributed by atoms with Crippen LogP contribution in [0.1, 0.15) is 38.2 Å². The van der Waals surface area contributed by atoms with E-state index in [-0.39, 0.29) is 11.2 Å². The Balaban J connectivity index is 1.59. The number of nitrogens with one attached hydrogen (secondary N) is 1. The van der Waals surface area contributed by atoms with Crippen LogP contribution in [0.5, 0.6) is 5.75 Å². The van der Waals surface area contributed by atoms with Crippen LogP contribution in [-0.2, 0) is 6.54 Å². The topological polar surface area (TPSA) is 67.8 Å². The van der Waals surface area contributed by atoms with Gasteiger partial charge in [0.1, 0.15) is 29.1 Å². The Bertz CT molecular complexity index is 1240. The summed E-state index contributed by atoms with van der Waals surface area (Å²) >= 11 is 1.49. The predicted molar refractivity (Wildman–Crippen MR) is 120 cm³/mol. The van der Waals surface area contributed by atoms with Crippen molar-refractivity contribution in [2.75, 3.05) is 6.54 Å². The Morgan fingerprint density at radius 1 is 1.23 bits per heavy atom. The van der Waals surface area contributed by atoms with Crippen LogP contribution >= 0.6 is 11.3 Å². The average molecular weight is 422 g/mol. The molecule has 1 aliphatic rings. The lowest BCUT2D eigenvalue weighted by Gasteiger charge is -2.32. The van der Waals surface area contributed by atoms with Gasteiger partial charge in [-0.3, -0.25) is 4.79 Å². The van der Waals surface area contributed by atoms with Crippen LogP contribution in [0.2, 0.25) is 0 Å². The highest BCUT2D eigenvalue weighted by atomic mass is 32.1. The number of benzene rings is 2. The normalized spacial score (nSPS) is 19.5. The molecule has 4 aromatic rings. The molecule has 5 nitrogen and oxygen atoms in total. The highest BCUT2D eigenvalue weighted by Gasteiger charge is 2.27. The number of fused-ring (bicyclic) bond motifs is 2. The van der Waals surface area contributed by atoms with Crippen molar-refractivity contribution in [3.8, 4) is 16.3 Å². The average Bonchev–Trinajstić information content (AvgIpc) is 3.20. The Morgan fingerprint density at radius 3 is 2.93 bits per heavy atom. The molecule has 1 unspecified atom stereocenters. The molecule has 1 aliphatic heterocycles. The smallest absolute Gasteiger partial charge is 0.202 e. The molecular formula is C24H25N2O3S+. The van der Waals surface area contributed by atoms with Gasteiger partial charge in [-0.1, -0.05) is 19.1 Å². The number of para-hydroxylation sites is 1. The Hall–Kier alpha value is -2.70. The second-order valence-electron chi connectivity index (χ2n) is 8.09. The largest absolute Gasteiger partial charge is 0.507 e. The molecule has 0 aliphatic carbocycles. The lowest BCUT2D eigenvalue weighted by Crippen LogP contribution is -3.15. The maximum Gasteiger partial charge on any atom is 0.202 e. The maximum absolute atomic E-state index is 13.3. The summed E-state index contributed by atoms with van der Waals surface area (Å²) in [4.78, 5) is 19.4. The molecule has 3 heterocycles. The molecule has 2 atom stereocenters. The van der Waals surface area contributed by atoms with E-state index in [0.29, 0.717) is 34.1 Å². The van der Waals surface area contributed by atoms with Gasteiger partial charge in [-0.2, -0.15) is 0 Å². The third-order valence-electron chi connectivity index (χ3n) is 6.32. The predicted octanol–water partition coefficient (Wildman–Crippen LogP) is 4.12. The van der Waals surface area contributed by atoms with Gasteiger partial charge in [0, 0.05) is 0 Å². The van der Waals surface area contributed by atoms with Gasteiger partial charge < -0.3 is 14.4 Å². The van der Waals surface area contributed by atoms with Crippen LogP contribution in [0, 0.1) is 0 Å². The highest BCUT2D eigenvalue weighted by Crippen LogP contribution is 2.31. The van der Waals surface area contributed by atoms with Gasteiger partial charge in [-0.25, -0.2) is 4.98 Å². The van der Waals surface area contributed by atoms with Gasteiger partial charge in [-0.05, 0) is 49.9 Å². The summed E-state index contributed by atoms with van der Waals surface area (Å²) in [6, 6.07) is 11.7. The van der Waals surface area contributed by atoms with Crippen molar-refractivity contribution in [3.63, 3.8) is 0 Å². The zero-order valence-electron chi connectivity index (χ0n) is 17.0. The third kappa shape index (κ3) is 3.30. The van der Waals surface area contributed by atoms with Crippen molar-refractivity contribution in [1.29, 1.82) is 0 Å². The van der Waals surface area contributed by atoms with Gasteiger partial charge in [0.2, 0.25) is 5.43 Å². The summed E-state index contributed by atoms with van der Waals surface area (Å²) in [5.41, 5.74) is 2.48. The minimum atomic E-state index is -0.0998. The summed E-state index contributed by atoms with van der Waals surface area (Å²) in [5.74, 6) is 0.200. The molecule has 154 valence electrons. The fourth-order valence-electron chi connectivity index (χ4n) is 4.66. The van der Waals surface area contributed by atoms with Crippen molar-refractivity contribution >= 4 is 32.5 Å². The van der Waals surface area contributed by atoms with E-state index in [4.69, 9.17) is 4.42 Å². The zero-order chi connectivity index (χ0) is 20.7. The molecule has 5 rings (SSSR count). The van der Waals surface area contributed by atoms with E-state index in [1.807, 2.05) is 24.3 Å². The number of rotatable bonds is 4.